The van der Waals surface area contributed by atoms with Crippen molar-refractivity contribution < 1.29 is 4.74 Å². The smallest absolute Gasteiger partial charge is 0.209 e. The molecule has 0 bridgehead atoms. The minimum atomic E-state index is -0.0881. The first kappa shape index (κ1) is 10.6. The van der Waals surface area contributed by atoms with Crippen molar-refractivity contribution in [2.24, 2.45) is 0 Å². The molecule has 0 saturated heterocycles. The van der Waals surface area contributed by atoms with Gasteiger partial charge in [0.05, 0.1) is 17.1 Å². The number of para-hydroxylation sites is 4. The molecule has 0 radical (unpaired) electrons. The quantitative estimate of drug-likeness (QED) is 0.757. The number of likely N-dealkylation sites (N-methyl/N-ethyl adjacent to an activating group) is 1. The average Bonchev–Trinajstić information content (AvgIpc) is 2.46. The van der Waals surface area contributed by atoms with Gasteiger partial charge in [0.15, 0.2) is 6.17 Å². The van der Waals surface area contributed by atoms with Gasteiger partial charge in [-0.3, -0.25) is 0 Å². The molecule has 2 aliphatic heterocycles. The minimum Gasteiger partial charge on any atom is -0.464 e. The van der Waals surface area contributed by atoms with Gasteiger partial charge in [-0.15, -0.1) is 0 Å². The normalized spacial score (nSPS) is 23.1. The first-order valence-corrected chi connectivity index (χ1v) is 6.43. The highest BCUT2D eigenvalue weighted by molar-refractivity contribution is 5.75. The molecule has 0 aromatic heterocycles. The lowest BCUT2D eigenvalue weighted by Crippen LogP contribution is -2.57. The molecule has 4 rings (SSSR count). The van der Waals surface area contributed by atoms with E-state index in [4.69, 9.17) is 4.74 Å². The van der Waals surface area contributed by atoms with Gasteiger partial charge in [0.2, 0.25) is 6.23 Å². The second kappa shape index (κ2) is 3.82. The fraction of sp³-hybridized carbons (Fsp3) is 0.200. The van der Waals surface area contributed by atoms with Crippen molar-refractivity contribution in [1.29, 1.82) is 0 Å². The Balaban J connectivity index is 1.75. The van der Waals surface area contributed by atoms with E-state index in [0.29, 0.717) is 0 Å². The summed E-state index contributed by atoms with van der Waals surface area (Å²) in [6.07, 6.45) is -0.000370. The summed E-state index contributed by atoms with van der Waals surface area (Å²) in [4.78, 5) is 2.21. The average molecular weight is 253 g/mol. The molecule has 0 fully saturated rings. The number of hydrogen-bond donors (Lipinski definition) is 2. The van der Waals surface area contributed by atoms with Crippen LogP contribution in [0.25, 0.3) is 0 Å². The summed E-state index contributed by atoms with van der Waals surface area (Å²) < 4.78 is 6.05. The summed E-state index contributed by atoms with van der Waals surface area (Å²) in [6, 6.07) is 16.3. The number of ether oxygens (including phenoxy) is 1. The summed E-state index contributed by atoms with van der Waals surface area (Å²) in [5.41, 5.74) is 3.32. The first-order chi connectivity index (χ1) is 9.33. The highest BCUT2D eigenvalue weighted by atomic mass is 16.5. The van der Waals surface area contributed by atoms with E-state index in [9.17, 15) is 0 Å². The Kier molecular flexibility index (Phi) is 2.12. The highest BCUT2D eigenvalue weighted by Crippen LogP contribution is 2.38. The van der Waals surface area contributed by atoms with Crippen molar-refractivity contribution in [2.45, 2.75) is 12.4 Å². The van der Waals surface area contributed by atoms with Crippen molar-refractivity contribution in [2.75, 3.05) is 22.6 Å². The molecule has 0 spiro atoms. The molecule has 4 heteroatoms. The number of fused-ring (bicyclic) bond motifs is 3. The maximum atomic E-state index is 6.05. The first-order valence-electron chi connectivity index (χ1n) is 6.43. The molecule has 2 aliphatic rings. The van der Waals surface area contributed by atoms with E-state index in [1.54, 1.807) is 0 Å². The van der Waals surface area contributed by atoms with Gasteiger partial charge < -0.3 is 20.3 Å². The van der Waals surface area contributed by atoms with Gasteiger partial charge in [-0.25, -0.2) is 0 Å². The molecular weight excluding hydrogens is 238 g/mol. The molecule has 2 atom stereocenters. The summed E-state index contributed by atoms with van der Waals surface area (Å²) in [6.45, 7) is 0. The van der Waals surface area contributed by atoms with Crippen molar-refractivity contribution in [3.63, 3.8) is 0 Å². The van der Waals surface area contributed by atoms with Crippen LogP contribution in [0.5, 0.6) is 5.75 Å². The van der Waals surface area contributed by atoms with E-state index in [0.717, 1.165) is 17.1 Å². The summed E-state index contributed by atoms with van der Waals surface area (Å²) in [5, 5.41) is 6.97. The van der Waals surface area contributed by atoms with Gasteiger partial charge in [-0.05, 0) is 24.3 Å². The van der Waals surface area contributed by atoms with Gasteiger partial charge >= 0.3 is 0 Å². The molecule has 19 heavy (non-hydrogen) atoms. The summed E-state index contributed by atoms with van der Waals surface area (Å²) in [5.74, 6) is 0.893. The Morgan fingerprint density at radius 2 is 1.68 bits per heavy atom. The molecular formula is C15H15N3O. The molecule has 96 valence electrons. The number of rotatable bonds is 0. The predicted molar refractivity (Wildman–Crippen MR) is 76.7 cm³/mol. The van der Waals surface area contributed by atoms with Crippen molar-refractivity contribution in [1.82, 2.24) is 0 Å². The SMILES string of the molecule is CN1c2ccccc2N[C@H]2Oc3ccccc3N[C@H]21. The Morgan fingerprint density at radius 1 is 0.947 bits per heavy atom. The van der Waals surface area contributed by atoms with Crippen LogP contribution in [-0.4, -0.2) is 19.4 Å². The van der Waals surface area contributed by atoms with Gasteiger partial charge in [0, 0.05) is 7.05 Å². The van der Waals surface area contributed by atoms with Crippen LogP contribution in [0, 0.1) is 0 Å². The van der Waals surface area contributed by atoms with Gasteiger partial charge in [0.1, 0.15) is 5.75 Å². The largest absolute Gasteiger partial charge is 0.464 e. The van der Waals surface area contributed by atoms with Gasteiger partial charge in [-0.1, -0.05) is 24.3 Å². The number of hydrogen-bond acceptors (Lipinski definition) is 4. The van der Waals surface area contributed by atoms with Crippen LogP contribution in [0.15, 0.2) is 48.5 Å². The molecule has 0 amide bonds. The Hall–Kier alpha value is -2.36. The van der Waals surface area contributed by atoms with Crippen molar-refractivity contribution in [3.8, 4) is 5.75 Å². The predicted octanol–water partition coefficient (Wildman–Crippen LogP) is 2.71. The standard InChI is InChI=1S/C15H15N3O/c1-18-12-8-4-2-6-10(12)17-15-14(18)16-11-7-3-5-9-13(11)19-15/h2-9,14-17H,1H3/t14-,15-/m0/s1. The fourth-order valence-corrected chi connectivity index (χ4v) is 2.74. The van der Waals surface area contributed by atoms with Crippen LogP contribution in [0.2, 0.25) is 0 Å². The van der Waals surface area contributed by atoms with Gasteiger partial charge in [0.25, 0.3) is 0 Å². The zero-order valence-corrected chi connectivity index (χ0v) is 10.6. The topological polar surface area (TPSA) is 36.5 Å². The van der Waals surface area contributed by atoms with Crippen LogP contribution in [0.3, 0.4) is 0 Å². The molecule has 2 heterocycles. The maximum Gasteiger partial charge on any atom is 0.209 e. The molecule has 0 aliphatic carbocycles. The monoisotopic (exact) mass is 253 g/mol. The maximum absolute atomic E-state index is 6.05. The molecule has 0 saturated carbocycles. The molecule has 2 N–H and O–H groups in total. The lowest BCUT2D eigenvalue weighted by atomic mass is 10.1. The summed E-state index contributed by atoms with van der Waals surface area (Å²) in [7, 11) is 2.08. The van der Waals surface area contributed by atoms with Crippen LogP contribution in [-0.2, 0) is 0 Å². The van der Waals surface area contributed by atoms with Crippen molar-refractivity contribution >= 4 is 17.1 Å². The number of nitrogens with one attached hydrogen (secondary N) is 2. The second-order valence-electron chi connectivity index (χ2n) is 4.90. The molecule has 4 nitrogen and oxygen atoms in total. The van der Waals surface area contributed by atoms with Crippen LogP contribution in [0.4, 0.5) is 17.1 Å². The van der Waals surface area contributed by atoms with Crippen LogP contribution < -0.4 is 20.3 Å². The lowest BCUT2D eigenvalue weighted by molar-refractivity contribution is 0.191. The third-order valence-electron chi connectivity index (χ3n) is 3.73. The number of benzene rings is 2. The Morgan fingerprint density at radius 3 is 2.58 bits per heavy atom. The van der Waals surface area contributed by atoms with E-state index < -0.39 is 0 Å². The van der Waals surface area contributed by atoms with E-state index in [1.807, 2.05) is 30.3 Å². The van der Waals surface area contributed by atoms with Crippen LogP contribution in [0.1, 0.15) is 0 Å². The number of anilines is 3. The van der Waals surface area contributed by atoms with E-state index in [2.05, 4.69) is 40.8 Å². The third kappa shape index (κ3) is 1.53. The van der Waals surface area contributed by atoms with E-state index in [1.165, 1.54) is 5.69 Å². The fourth-order valence-electron chi connectivity index (χ4n) is 2.74. The zero-order valence-electron chi connectivity index (χ0n) is 10.6. The second-order valence-corrected chi connectivity index (χ2v) is 4.90. The number of nitrogens with zero attached hydrogens (tertiary/aromatic N) is 1. The van der Waals surface area contributed by atoms with Crippen LogP contribution >= 0.6 is 0 Å². The minimum absolute atomic E-state index is 0.0878. The van der Waals surface area contributed by atoms with E-state index >= 15 is 0 Å². The molecule has 2 aromatic carbocycles. The summed E-state index contributed by atoms with van der Waals surface area (Å²) >= 11 is 0. The Labute approximate surface area is 112 Å². The molecule has 2 aromatic rings. The van der Waals surface area contributed by atoms with E-state index in [-0.39, 0.29) is 12.4 Å². The lowest BCUT2D eigenvalue weighted by Gasteiger charge is -2.45. The van der Waals surface area contributed by atoms with Gasteiger partial charge in [-0.2, -0.15) is 0 Å². The zero-order chi connectivity index (χ0) is 12.8. The third-order valence-corrected chi connectivity index (χ3v) is 3.73. The Bertz CT molecular complexity index is 628. The molecule has 0 unspecified atom stereocenters. The highest BCUT2D eigenvalue weighted by Gasteiger charge is 2.36. The van der Waals surface area contributed by atoms with Crippen molar-refractivity contribution in [3.05, 3.63) is 48.5 Å².